The van der Waals surface area contributed by atoms with Gasteiger partial charge >= 0.3 is 6.03 Å². The number of unbranched alkanes of at least 4 members (excludes halogenated alkanes) is 1. The second kappa shape index (κ2) is 6.12. The van der Waals surface area contributed by atoms with Gasteiger partial charge in [0.1, 0.15) is 0 Å². The van der Waals surface area contributed by atoms with Gasteiger partial charge in [-0.25, -0.2) is 4.79 Å². The fourth-order valence-corrected chi connectivity index (χ4v) is 2.44. The van der Waals surface area contributed by atoms with Gasteiger partial charge in [0, 0.05) is 12.6 Å². The molecule has 0 aromatic carbocycles. The Morgan fingerprint density at radius 1 is 1.44 bits per heavy atom. The minimum Gasteiger partial charge on any atom is -0.338 e. The molecule has 0 spiro atoms. The highest BCUT2D eigenvalue weighted by atomic mass is 16.2. The SMILES string of the molecule is CCCCNC(=O)NC1CCCC(C)(C)C1. The molecule has 3 heteroatoms. The smallest absolute Gasteiger partial charge is 0.315 e. The van der Waals surface area contributed by atoms with Gasteiger partial charge in [0.25, 0.3) is 0 Å². The fraction of sp³-hybridized carbons (Fsp3) is 0.923. The van der Waals surface area contributed by atoms with Crippen LogP contribution < -0.4 is 10.6 Å². The molecule has 0 bridgehead atoms. The van der Waals surface area contributed by atoms with E-state index in [-0.39, 0.29) is 6.03 Å². The van der Waals surface area contributed by atoms with Crippen molar-refractivity contribution in [3.63, 3.8) is 0 Å². The van der Waals surface area contributed by atoms with Gasteiger partial charge in [-0.2, -0.15) is 0 Å². The molecule has 1 atom stereocenters. The van der Waals surface area contributed by atoms with Crippen molar-refractivity contribution >= 4 is 6.03 Å². The van der Waals surface area contributed by atoms with Crippen molar-refractivity contribution in [2.24, 2.45) is 5.41 Å². The van der Waals surface area contributed by atoms with Crippen LogP contribution in [0.5, 0.6) is 0 Å². The molecule has 16 heavy (non-hydrogen) atoms. The molecular weight excluding hydrogens is 200 g/mol. The van der Waals surface area contributed by atoms with E-state index in [1.807, 2.05) is 0 Å². The molecule has 1 aliphatic carbocycles. The van der Waals surface area contributed by atoms with E-state index in [1.165, 1.54) is 12.8 Å². The lowest BCUT2D eigenvalue weighted by Gasteiger charge is -2.35. The fourth-order valence-electron chi connectivity index (χ4n) is 2.44. The molecule has 1 rings (SSSR count). The van der Waals surface area contributed by atoms with E-state index in [4.69, 9.17) is 0 Å². The van der Waals surface area contributed by atoms with E-state index in [2.05, 4.69) is 31.4 Å². The van der Waals surface area contributed by atoms with Crippen molar-refractivity contribution < 1.29 is 4.79 Å². The predicted octanol–water partition coefficient (Wildman–Crippen LogP) is 3.05. The minimum absolute atomic E-state index is 0.0103. The lowest BCUT2D eigenvalue weighted by Crippen LogP contribution is -2.45. The molecule has 3 nitrogen and oxygen atoms in total. The summed E-state index contributed by atoms with van der Waals surface area (Å²) in [6.45, 7) is 7.49. The Kier molecular flexibility index (Phi) is 5.10. The van der Waals surface area contributed by atoms with Crippen LogP contribution in [0, 0.1) is 5.41 Å². The standard InChI is InChI=1S/C13H26N2O/c1-4-5-9-14-12(16)15-11-7-6-8-13(2,3)10-11/h11H,4-10H2,1-3H3,(H2,14,15,16). The summed E-state index contributed by atoms with van der Waals surface area (Å²) in [5, 5.41) is 5.99. The van der Waals surface area contributed by atoms with Crippen LogP contribution in [0.3, 0.4) is 0 Å². The summed E-state index contributed by atoms with van der Waals surface area (Å²) in [4.78, 5) is 11.6. The van der Waals surface area contributed by atoms with E-state index < -0.39 is 0 Å². The first-order valence-electron chi connectivity index (χ1n) is 6.58. The Labute approximate surface area is 99.4 Å². The summed E-state index contributed by atoms with van der Waals surface area (Å²) in [6, 6.07) is 0.376. The van der Waals surface area contributed by atoms with Crippen LogP contribution in [0.4, 0.5) is 4.79 Å². The molecule has 0 aromatic rings. The van der Waals surface area contributed by atoms with E-state index in [1.54, 1.807) is 0 Å². The van der Waals surface area contributed by atoms with Gasteiger partial charge in [-0.3, -0.25) is 0 Å². The molecular formula is C13H26N2O. The normalized spacial score (nSPS) is 23.8. The highest BCUT2D eigenvalue weighted by Crippen LogP contribution is 2.34. The van der Waals surface area contributed by atoms with Crippen LogP contribution in [0.1, 0.15) is 59.3 Å². The molecule has 94 valence electrons. The first kappa shape index (κ1) is 13.3. The third kappa shape index (κ3) is 4.86. The lowest BCUT2D eigenvalue weighted by atomic mass is 9.75. The van der Waals surface area contributed by atoms with Crippen LogP contribution in [0.2, 0.25) is 0 Å². The molecule has 1 unspecified atom stereocenters. The first-order chi connectivity index (χ1) is 7.53. The molecule has 0 radical (unpaired) electrons. The third-order valence-electron chi connectivity index (χ3n) is 3.36. The monoisotopic (exact) mass is 226 g/mol. The number of hydrogen-bond acceptors (Lipinski definition) is 1. The van der Waals surface area contributed by atoms with Crippen LogP contribution in [-0.2, 0) is 0 Å². The molecule has 0 heterocycles. The molecule has 0 saturated heterocycles. The highest BCUT2D eigenvalue weighted by molar-refractivity contribution is 5.74. The number of hydrogen-bond donors (Lipinski definition) is 2. The van der Waals surface area contributed by atoms with Gasteiger partial charge in [0.05, 0.1) is 0 Å². The van der Waals surface area contributed by atoms with E-state index >= 15 is 0 Å². The van der Waals surface area contributed by atoms with Crippen LogP contribution in [0.25, 0.3) is 0 Å². The molecule has 1 aliphatic rings. The summed E-state index contributed by atoms with van der Waals surface area (Å²) in [5.41, 5.74) is 0.389. The van der Waals surface area contributed by atoms with Crippen molar-refractivity contribution in [2.45, 2.75) is 65.3 Å². The van der Waals surface area contributed by atoms with Gasteiger partial charge in [0.2, 0.25) is 0 Å². The van der Waals surface area contributed by atoms with E-state index in [0.29, 0.717) is 11.5 Å². The average Bonchev–Trinajstić information content (AvgIpc) is 2.16. The minimum atomic E-state index is 0.0103. The number of carbonyl (C=O) groups is 1. The maximum absolute atomic E-state index is 11.6. The van der Waals surface area contributed by atoms with Crippen molar-refractivity contribution in [3.8, 4) is 0 Å². The Morgan fingerprint density at radius 2 is 2.19 bits per heavy atom. The maximum atomic E-state index is 11.6. The molecule has 2 N–H and O–H groups in total. The average molecular weight is 226 g/mol. The van der Waals surface area contributed by atoms with Crippen LogP contribution >= 0.6 is 0 Å². The Morgan fingerprint density at radius 3 is 2.81 bits per heavy atom. The van der Waals surface area contributed by atoms with Gasteiger partial charge in [-0.1, -0.05) is 33.6 Å². The third-order valence-corrected chi connectivity index (χ3v) is 3.36. The summed E-state index contributed by atoms with van der Waals surface area (Å²) in [7, 11) is 0. The van der Waals surface area contributed by atoms with Crippen molar-refractivity contribution in [1.29, 1.82) is 0 Å². The zero-order valence-corrected chi connectivity index (χ0v) is 10.9. The topological polar surface area (TPSA) is 41.1 Å². The van der Waals surface area contributed by atoms with Gasteiger partial charge < -0.3 is 10.6 Å². The number of rotatable bonds is 4. The van der Waals surface area contributed by atoms with E-state index in [9.17, 15) is 4.79 Å². The zero-order chi connectivity index (χ0) is 12.0. The molecule has 1 saturated carbocycles. The largest absolute Gasteiger partial charge is 0.338 e. The summed E-state index contributed by atoms with van der Waals surface area (Å²) >= 11 is 0. The van der Waals surface area contributed by atoms with Crippen molar-refractivity contribution in [2.75, 3.05) is 6.54 Å². The maximum Gasteiger partial charge on any atom is 0.315 e. The number of carbonyl (C=O) groups excluding carboxylic acids is 1. The Hall–Kier alpha value is -0.730. The predicted molar refractivity (Wildman–Crippen MR) is 67.5 cm³/mol. The van der Waals surface area contributed by atoms with Gasteiger partial charge in [0.15, 0.2) is 0 Å². The van der Waals surface area contributed by atoms with Crippen LogP contribution in [0.15, 0.2) is 0 Å². The second-order valence-electron chi connectivity index (χ2n) is 5.71. The van der Waals surface area contributed by atoms with Gasteiger partial charge in [-0.05, 0) is 31.1 Å². The molecule has 1 fully saturated rings. The zero-order valence-electron chi connectivity index (χ0n) is 10.9. The molecule has 0 aliphatic heterocycles. The highest BCUT2D eigenvalue weighted by Gasteiger charge is 2.28. The Balaban J connectivity index is 2.23. The number of urea groups is 1. The lowest BCUT2D eigenvalue weighted by molar-refractivity contribution is 0.191. The number of nitrogens with one attached hydrogen (secondary N) is 2. The second-order valence-corrected chi connectivity index (χ2v) is 5.71. The van der Waals surface area contributed by atoms with E-state index in [0.717, 1.165) is 32.2 Å². The molecule has 0 aromatic heterocycles. The summed E-state index contributed by atoms with van der Waals surface area (Å²) in [5.74, 6) is 0. The summed E-state index contributed by atoms with van der Waals surface area (Å²) < 4.78 is 0. The first-order valence-corrected chi connectivity index (χ1v) is 6.58. The Bertz CT molecular complexity index is 226. The van der Waals surface area contributed by atoms with Crippen LogP contribution in [-0.4, -0.2) is 18.6 Å². The summed E-state index contributed by atoms with van der Waals surface area (Å²) in [6.07, 6.45) is 6.93. The van der Waals surface area contributed by atoms with Gasteiger partial charge in [-0.15, -0.1) is 0 Å². The quantitative estimate of drug-likeness (QED) is 0.711. The molecule has 2 amide bonds. The van der Waals surface area contributed by atoms with Crippen molar-refractivity contribution in [1.82, 2.24) is 10.6 Å². The number of amides is 2. The van der Waals surface area contributed by atoms with Crippen molar-refractivity contribution in [3.05, 3.63) is 0 Å².